The average Bonchev–Trinajstić information content (AvgIpc) is 2.47. The Morgan fingerprint density at radius 3 is 2.60 bits per heavy atom. The minimum atomic E-state index is -0.289. The quantitative estimate of drug-likeness (QED) is 0.871. The first kappa shape index (κ1) is 14.8. The maximum atomic E-state index is 12.3. The number of aromatic hydroxyl groups is 1. The maximum Gasteiger partial charge on any atom is 0.239 e. The van der Waals surface area contributed by atoms with Crippen molar-refractivity contribution in [2.24, 2.45) is 0 Å². The van der Waals surface area contributed by atoms with E-state index in [2.05, 4.69) is 5.32 Å². The zero-order valence-corrected chi connectivity index (χ0v) is 12.0. The van der Waals surface area contributed by atoms with Gasteiger partial charge in [0.05, 0.1) is 19.3 Å². The molecular weight excluding hydrogens is 256 g/mol. The average molecular weight is 278 g/mol. The molecule has 2 N–H and O–H groups in total. The van der Waals surface area contributed by atoms with Gasteiger partial charge in [0.15, 0.2) is 0 Å². The maximum absolute atomic E-state index is 12.3. The molecule has 1 aliphatic heterocycles. The SMILES string of the molecule is CC(NC(C)c1ccccc1O)C(=O)N1CCOCC1. The Morgan fingerprint density at radius 1 is 1.30 bits per heavy atom. The molecule has 0 radical (unpaired) electrons. The van der Waals surface area contributed by atoms with Gasteiger partial charge in [-0.15, -0.1) is 0 Å². The first-order valence-electron chi connectivity index (χ1n) is 7.00. The summed E-state index contributed by atoms with van der Waals surface area (Å²) in [6, 6.07) is 6.80. The predicted molar refractivity (Wildman–Crippen MR) is 76.5 cm³/mol. The van der Waals surface area contributed by atoms with Gasteiger partial charge in [0, 0.05) is 24.7 Å². The molecule has 2 unspecified atom stereocenters. The lowest BCUT2D eigenvalue weighted by Gasteiger charge is -2.30. The Morgan fingerprint density at radius 2 is 1.95 bits per heavy atom. The fourth-order valence-corrected chi connectivity index (χ4v) is 2.45. The number of phenols is 1. The Kier molecular flexibility index (Phi) is 4.98. The molecule has 1 fully saturated rings. The van der Waals surface area contributed by atoms with Crippen LogP contribution in [0.4, 0.5) is 0 Å². The van der Waals surface area contributed by atoms with Gasteiger partial charge in [-0.25, -0.2) is 0 Å². The Hall–Kier alpha value is -1.59. The van der Waals surface area contributed by atoms with Gasteiger partial charge in [-0.05, 0) is 19.9 Å². The summed E-state index contributed by atoms with van der Waals surface area (Å²) in [7, 11) is 0. The van der Waals surface area contributed by atoms with Gasteiger partial charge < -0.3 is 14.7 Å². The van der Waals surface area contributed by atoms with Crippen LogP contribution in [-0.2, 0) is 9.53 Å². The second-order valence-corrected chi connectivity index (χ2v) is 5.11. The molecule has 2 atom stereocenters. The Labute approximate surface area is 119 Å². The molecular formula is C15H22N2O3. The van der Waals surface area contributed by atoms with Crippen molar-refractivity contribution >= 4 is 5.91 Å². The van der Waals surface area contributed by atoms with Crippen LogP contribution in [0, 0.1) is 0 Å². The number of hydrogen-bond acceptors (Lipinski definition) is 4. The van der Waals surface area contributed by atoms with Crippen molar-refractivity contribution < 1.29 is 14.6 Å². The smallest absolute Gasteiger partial charge is 0.239 e. The number of amides is 1. The van der Waals surface area contributed by atoms with E-state index in [1.807, 2.05) is 30.9 Å². The molecule has 1 aliphatic rings. The minimum absolute atomic E-state index is 0.0792. The largest absolute Gasteiger partial charge is 0.508 e. The number of nitrogens with zero attached hydrogens (tertiary/aromatic N) is 1. The summed E-state index contributed by atoms with van der Waals surface area (Å²) in [5.74, 6) is 0.328. The number of hydrogen-bond donors (Lipinski definition) is 2. The fourth-order valence-electron chi connectivity index (χ4n) is 2.45. The van der Waals surface area contributed by atoms with Crippen LogP contribution in [0.2, 0.25) is 0 Å². The first-order chi connectivity index (χ1) is 9.59. The van der Waals surface area contributed by atoms with Crippen LogP contribution in [0.3, 0.4) is 0 Å². The molecule has 1 saturated heterocycles. The molecule has 0 bridgehead atoms. The van der Waals surface area contributed by atoms with Crippen molar-refractivity contribution in [3.05, 3.63) is 29.8 Å². The van der Waals surface area contributed by atoms with E-state index in [1.54, 1.807) is 12.1 Å². The lowest BCUT2D eigenvalue weighted by molar-refractivity contribution is -0.137. The van der Waals surface area contributed by atoms with Crippen molar-refractivity contribution in [1.29, 1.82) is 0 Å². The molecule has 1 amide bonds. The van der Waals surface area contributed by atoms with E-state index < -0.39 is 0 Å². The molecule has 0 spiro atoms. The fraction of sp³-hybridized carbons (Fsp3) is 0.533. The number of rotatable bonds is 4. The summed E-state index contributed by atoms with van der Waals surface area (Å²) >= 11 is 0. The standard InChI is InChI=1S/C15H22N2O3/c1-11(13-5-3-4-6-14(13)18)16-12(2)15(19)17-7-9-20-10-8-17/h3-6,11-12,16,18H,7-10H2,1-2H3. The highest BCUT2D eigenvalue weighted by molar-refractivity contribution is 5.81. The van der Waals surface area contributed by atoms with Gasteiger partial charge >= 0.3 is 0 Å². The van der Waals surface area contributed by atoms with E-state index in [1.165, 1.54) is 0 Å². The van der Waals surface area contributed by atoms with Crippen LogP contribution in [0.15, 0.2) is 24.3 Å². The molecule has 0 saturated carbocycles. The van der Waals surface area contributed by atoms with Crippen molar-refractivity contribution in [3.63, 3.8) is 0 Å². The summed E-state index contributed by atoms with van der Waals surface area (Å²) < 4.78 is 5.25. The minimum Gasteiger partial charge on any atom is -0.508 e. The van der Waals surface area contributed by atoms with Gasteiger partial charge in [-0.2, -0.15) is 0 Å². The lowest BCUT2D eigenvalue weighted by Crippen LogP contribution is -2.49. The molecule has 0 aromatic heterocycles. The van der Waals surface area contributed by atoms with Crippen molar-refractivity contribution in [3.8, 4) is 5.75 Å². The topological polar surface area (TPSA) is 61.8 Å². The molecule has 1 aromatic carbocycles. The Bertz CT molecular complexity index is 458. The molecule has 110 valence electrons. The van der Waals surface area contributed by atoms with E-state index >= 15 is 0 Å². The van der Waals surface area contributed by atoms with Gasteiger partial charge in [-0.3, -0.25) is 10.1 Å². The molecule has 1 heterocycles. The van der Waals surface area contributed by atoms with E-state index in [4.69, 9.17) is 4.74 Å². The zero-order valence-electron chi connectivity index (χ0n) is 12.0. The van der Waals surface area contributed by atoms with E-state index in [0.29, 0.717) is 26.3 Å². The summed E-state index contributed by atoms with van der Waals surface area (Å²) in [4.78, 5) is 14.1. The molecule has 1 aromatic rings. The number of morpholine rings is 1. The first-order valence-corrected chi connectivity index (χ1v) is 7.00. The summed E-state index contributed by atoms with van der Waals surface area (Å²) in [6.45, 7) is 6.30. The third-order valence-corrected chi connectivity index (χ3v) is 3.60. The summed E-state index contributed by atoms with van der Waals surface area (Å²) in [5.41, 5.74) is 0.800. The van der Waals surface area contributed by atoms with Crippen LogP contribution in [0.5, 0.6) is 5.75 Å². The number of nitrogens with one attached hydrogen (secondary N) is 1. The van der Waals surface area contributed by atoms with Crippen LogP contribution >= 0.6 is 0 Å². The molecule has 5 heteroatoms. The number of carbonyl (C=O) groups excluding carboxylic acids is 1. The van der Waals surface area contributed by atoms with E-state index in [9.17, 15) is 9.90 Å². The normalized spacial score (nSPS) is 18.6. The molecule has 5 nitrogen and oxygen atoms in total. The second kappa shape index (κ2) is 6.72. The number of phenolic OH excluding ortho intramolecular Hbond substituents is 1. The predicted octanol–water partition coefficient (Wildman–Crippen LogP) is 1.29. The highest BCUT2D eigenvalue weighted by atomic mass is 16.5. The third-order valence-electron chi connectivity index (χ3n) is 3.60. The van der Waals surface area contributed by atoms with Gasteiger partial charge in [0.1, 0.15) is 5.75 Å². The van der Waals surface area contributed by atoms with Gasteiger partial charge in [-0.1, -0.05) is 18.2 Å². The number of ether oxygens (including phenoxy) is 1. The highest BCUT2D eigenvalue weighted by Gasteiger charge is 2.24. The zero-order chi connectivity index (χ0) is 14.5. The summed E-state index contributed by atoms with van der Waals surface area (Å²) in [6.07, 6.45) is 0. The number of carbonyl (C=O) groups is 1. The molecule has 20 heavy (non-hydrogen) atoms. The van der Waals surface area contributed by atoms with Crippen molar-refractivity contribution in [2.75, 3.05) is 26.3 Å². The van der Waals surface area contributed by atoms with Gasteiger partial charge in [0.2, 0.25) is 5.91 Å². The second-order valence-electron chi connectivity index (χ2n) is 5.11. The number of benzene rings is 1. The van der Waals surface area contributed by atoms with Crippen LogP contribution in [-0.4, -0.2) is 48.3 Å². The highest BCUT2D eigenvalue weighted by Crippen LogP contribution is 2.23. The Balaban J connectivity index is 1.95. The number of para-hydroxylation sites is 1. The van der Waals surface area contributed by atoms with Crippen molar-refractivity contribution in [1.82, 2.24) is 10.2 Å². The summed E-state index contributed by atoms with van der Waals surface area (Å²) in [5, 5.41) is 13.1. The van der Waals surface area contributed by atoms with Crippen LogP contribution < -0.4 is 5.32 Å². The van der Waals surface area contributed by atoms with E-state index in [-0.39, 0.29) is 23.7 Å². The van der Waals surface area contributed by atoms with Crippen LogP contribution in [0.25, 0.3) is 0 Å². The lowest BCUT2D eigenvalue weighted by atomic mass is 10.1. The van der Waals surface area contributed by atoms with E-state index in [0.717, 1.165) is 5.56 Å². The molecule has 0 aliphatic carbocycles. The monoisotopic (exact) mass is 278 g/mol. The van der Waals surface area contributed by atoms with Gasteiger partial charge in [0.25, 0.3) is 0 Å². The van der Waals surface area contributed by atoms with Crippen LogP contribution in [0.1, 0.15) is 25.5 Å². The van der Waals surface area contributed by atoms with Crippen molar-refractivity contribution in [2.45, 2.75) is 25.9 Å². The molecule has 2 rings (SSSR count). The third kappa shape index (κ3) is 3.49.